The minimum absolute atomic E-state index is 0.108. The van der Waals surface area contributed by atoms with Gasteiger partial charge in [0.05, 0.1) is 5.92 Å². The summed E-state index contributed by atoms with van der Waals surface area (Å²) in [6, 6.07) is 6.17. The molecule has 0 amide bonds. The van der Waals surface area contributed by atoms with Crippen LogP contribution in [0.3, 0.4) is 0 Å². The minimum atomic E-state index is -0.631. The molecule has 14 heavy (non-hydrogen) atoms. The highest BCUT2D eigenvalue weighted by Crippen LogP contribution is 2.61. The van der Waals surface area contributed by atoms with E-state index >= 15 is 0 Å². The fourth-order valence-corrected chi connectivity index (χ4v) is 3.13. The molecular formula is C11H9BrO2. The van der Waals surface area contributed by atoms with Gasteiger partial charge in [-0.25, -0.2) is 0 Å². The average molecular weight is 253 g/mol. The van der Waals surface area contributed by atoms with Crippen molar-refractivity contribution in [2.45, 2.75) is 12.3 Å². The fraction of sp³-hybridized carbons (Fsp3) is 0.364. The van der Waals surface area contributed by atoms with E-state index in [0.29, 0.717) is 11.8 Å². The van der Waals surface area contributed by atoms with E-state index in [1.165, 1.54) is 11.1 Å². The van der Waals surface area contributed by atoms with Crippen LogP contribution in [0.4, 0.5) is 0 Å². The van der Waals surface area contributed by atoms with Crippen molar-refractivity contribution in [3.05, 3.63) is 33.8 Å². The third-order valence-electron chi connectivity index (χ3n) is 3.37. The zero-order chi connectivity index (χ0) is 9.87. The van der Waals surface area contributed by atoms with E-state index in [2.05, 4.69) is 28.1 Å². The topological polar surface area (TPSA) is 37.3 Å². The first-order valence-corrected chi connectivity index (χ1v) is 5.49. The van der Waals surface area contributed by atoms with Crippen LogP contribution in [0.1, 0.15) is 17.0 Å². The van der Waals surface area contributed by atoms with Crippen LogP contribution in [0.15, 0.2) is 22.7 Å². The number of hydrogen-bond donors (Lipinski definition) is 1. The van der Waals surface area contributed by atoms with E-state index in [-0.39, 0.29) is 5.92 Å². The van der Waals surface area contributed by atoms with E-state index in [4.69, 9.17) is 5.11 Å². The second kappa shape index (κ2) is 2.60. The van der Waals surface area contributed by atoms with Crippen LogP contribution < -0.4 is 0 Å². The Morgan fingerprint density at radius 1 is 1.50 bits per heavy atom. The smallest absolute Gasteiger partial charge is 0.307 e. The fourth-order valence-electron chi connectivity index (χ4n) is 2.72. The van der Waals surface area contributed by atoms with Crippen LogP contribution in [-0.2, 0) is 11.2 Å². The van der Waals surface area contributed by atoms with Crippen molar-refractivity contribution in [3.8, 4) is 0 Å². The predicted molar refractivity (Wildman–Crippen MR) is 55.2 cm³/mol. The molecule has 72 valence electrons. The maximum absolute atomic E-state index is 10.8. The lowest BCUT2D eigenvalue weighted by Crippen LogP contribution is -2.04. The SMILES string of the molecule is O=C(O)[C@@H]1[C@@H]2Cc3cc(Br)ccc3[C@H]21. The van der Waals surface area contributed by atoms with Crippen LogP contribution in [0, 0.1) is 11.8 Å². The van der Waals surface area contributed by atoms with Crippen molar-refractivity contribution in [1.29, 1.82) is 0 Å². The van der Waals surface area contributed by atoms with Gasteiger partial charge in [-0.2, -0.15) is 0 Å². The molecule has 1 aromatic rings. The Kier molecular flexibility index (Phi) is 1.57. The molecule has 1 N–H and O–H groups in total. The van der Waals surface area contributed by atoms with Gasteiger partial charge in [-0.15, -0.1) is 0 Å². The highest BCUT2D eigenvalue weighted by Gasteiger charge is 2.59. The molecule has 3 heteroatoms. The van der Waals surface area contributed by atoms with Gasteiger partial charge < -0.3 is 5.11 Å². The average Bonchev–Trinajstić information content (AvgIpc) is 2.70. The van der Waals surface area contributed by atoms with Crippen molar-refractivity contribution in [3.63, 3.8) is 0 Å². The summed E-state index contributed by atoms with van der Waals surface area (Å²) in [6.07, 6.45) is 0.941. The number of carbonyl (C=O) groups is 1. The Morgan fingerprint density at radius 3 is 3.00 bits per heavy atom. The number of rotatable bonds is 1. The highest BCUT2D eigenvalue weighted by molar-refractivity contribution is 9.10. The van der Waals surface area contributed by atoms with Crippen LogP contribution in [-0.4, -0.2) is 11.1 Å². The van der Waals surface area contributed by atoms with E-state index in [0.717, 1.165) is 10.9 Å². The first-order valence-electron chi connectivity index (χ1n) is 4.69. The van der Waals surface area contributed by atoms with Gasteiger partial charge in [-0.05, 0) is 35.6 Å². The molecule has 0 aromatic heterocycles. The number of benzene rings is 1. The van der Waals surface area contributed by atoms with Crippen molar-refractivity contribution < 1.29 is 9.90 Å². The van der Waals surface area contributed by atoms with E-state index in [1.54, 1.807) is 0 Å². The van der Waals surface area contributed by atoms with Crippen LogP contribution >= 0.6 is 15.9 Å². The monoisotopic (exact) mass is 252 g/mol. The number of hydrogen-bond acceptors (Lipinski definition) is 1. The molecule has 1 saturated carbocycles. The van der Waals surface area contributed by atoms with Gasteiger partial charge in [0, 0.05) is 10.4 Å². The maximum Gasteiger partial charge on any atom is 0.307 e. The first kappa shape index (κ1) is 8.48. The van der Waals surface area contributed by atoms with Crippen molar-refractivity contribution in [2.24, 2.45) is 11.8 Å². The third kappa shape index (κ3) is 0.989. The van der Waals surface area contributed by atoms with Crippen molar-refractivity contribution in [2.75, 3.05) is 0 Å². The summed E-state index contributed by atoms with van der Waals surface area (Å²) < 4.78 is 1.09. The summed E-state index contributed by atoms with van der Waals surface area (Å²) in [4.78, 5) is 10.8. The van der Waals surface area contributed by atoms with Gasteiger partial charge in [0.2, 0.25) is 0 Å². The summed E-state index contributed by atoms with van der Waals surface area (Å²) in [6.45, 7) is 0. The third-order valence-corrected chi connectivity index (χ3v) is 3.87. The van der Waals surface area contributed by atoms with E-state index < -0.39 is 5.97 Å². The number of carboxylic acid groups (broad SMARTS) is 1. The summed E-state index contributed by atoms with van der Waals surface area (Å²) >= 11 is 3.43. The number of carboxylic acids is 1. The molecule has 2 aliphatic carbocycles. The molecule has 0 saturated heterocycles. The van der Waals surface area contributed by atoms with Gasteiger partial charge in [-0.3, -0.25) is 4.79 Å². The molecule has 2 aliphatic rings. The predicted octanol–water partition coefficient (Wildman–Crippen LogP) is 2.42. The molecule has 2 nitrogen and oxygen atoms in total. The van der Waals surface area contributed by atoms with Crippen molar-refractivity contribution >= 4 is 21.9 Å². The summed E-state index contributed by atoms with van der Waals surface area (Å²) in [7, 11) is 0. The molecule has 0 unspecified atom stereocenters. The quantitative estimate of drug-likeness (QED) is 0.834. The summed E-state index contributed by atoms with van der Waals surface area (Å²) in [5.74, 6) is -0.0651. The zero-order valence-corrected chi connectivity index (χ0v) is 8.99. The summed E-state index contributed by atoms with van der Waals surface area (Å²) in [5.41, 5.74) is 2.58. The molecule has 1 fully saturated rings. The lowest BCUT2D eigenvalue weighted by molar-refractivity contribution is -0.139. The molecule has 0 spiro atoms. The van der Waals surface area contributed by atoms with Gasteiger partial charge >= 0.3 is 5.97 Å². The van der Waals surface area contributed by atoms with Crippen LogP contribution in [0.25, 0.3) is 0 Å². The van der Waals surface area contributed by atoms with Gasteiger partial charge in [-0.1, -0.05) is 22.0 Å². The summed E-state index contributed by atoms with van der Waals surface area (Å²) in [5, 5.41) is 8.93. The molecule has 3 rings (SSSR count). The second-order valence-corrected chi connectivity index (χ2v) is 5.02. The normalized spacial score (nSPS) is 32.2. The molecule has 0 aliphatic heterocycles. The Morgan fingerprint density at radius 2 is 2.29 bits per heavy atom. The lowest BCUT2D eigenvalue weighted by atomic mass is 10.0. The largest absolute Gasteiger partial charge is 0.481 e. The van der Waals surface area contributed by atoms with E-state index in [1.807, 2.05) is 6.07 Å². The van der Waals surface area contributed by atoms with Gasteiger partial charge in [0.1, 0.15) is 0 Å². The molecule has 0 bridgehead atoms. The number of aliphatic carboxylic acids is 1. The Bertz CT molecular complexity index is 427. The van der Waals surface area contributed by atoms with Crippen molar-refractivity contribution in [1.82, 2.24) is 0 Å². The maximum atomic E-state index is 10.8. The number of fused-ring (bicyclic) bond motifs is 3. The number of halogens is 1. The second-order valence-electron chi connectivity index (χ2n) is 4.10. The minimum Gasteiger partial charge on any atom is -0.481 e. The molecule has 0 radical (unpaired) electrons. The van der Waals surface area contributed by atoms with Gasteiger partial charge in [0.15, 0.2) is 0 Å². The Balaban J connectivity index is 1.99. The Labute approximate surface area is 90.1 Å². The highest BCUT2D eigenvalue weighted by atomic mass is 79.9. The van der Waals surface area contributed by atoms with Crippen LogP contribution in [0.5, 0.6) is 0 Å². The Hall–Kier alpha value is -0.830. The van der Waals surface area contributed by atoms with Crippen LogP contribution in [0.2, 0.25) is 0 Å². The zero-order valence-electron chi connectivity index (χ0n) is 7.40. The molecule has 1 aromatic carbocycles. The molecular weight excluding hydrogens is 244 g/mol. The van der Waals surface area contributed by atoms with Gasteiger partial charge in [0.25, 0.3) is 0 Å². The molecule has 3 atom stereocenters. The van der Waals surface area contributed by atoms with E-state index in [9.17, 15) is 4.79 Å². The first-order chi connectivity index (χ1) is 6.68. The lowest BCUT2D eigenvalue weighted by Gasteiger charge is -2.04. The molecule has 0 heterocycles. The standard InChI is InChI=1S/C11H9BrO2/c12-6-1-2-7-5(3-6)4-8-9(7)10(8)11(13)14/h1-3,8-10H,4H2,(H,13,14)/t8-,9-,10-/m1/s1.